The van der Waals surface area contributed by atoms with Crippen LogP contribution >= 0.6 is 0 Å². The molecule has 0 amide bonds. The van der Waals surface area contributed by atoms with Gasteiger partial charge in [-0.2, -0.15) is 5.10 Å². The van der Waals surface area contributed by atoms with Gasteiger partial charge in [-0.15, -0.1) is 0 Å². The van der Waals surface area contributed by atoms with Crippen molar-refractivity contribution >= 4 is 5.97 Å². The summed E-state index contributed by atoms with van der Waals surface area (Å²) in [6.07, 6.45) is 3.27. The van der Waals surface area contributed by atoms with Gasteiger partial charge in [-0.3, -0.25) is 4.68 Å². The summed E-state index contributed by atoms with van der Waals surface area (Å²) in [6.45, 7) is 3.72. The van der Waals surface area contributed by atoms with E-state index in [1.165, 1.54) is 0 Å². The average molecular weight is 235 g/mol. The molecule has 0 radical (unpaired) electrons. The first-order valence-corrected chi connectivity index (χ1v) is 5.22. The molecule has 0 saturated heterocycles. The number of aromatic carboxylic acids is 1. The van der Waals surface area contributed by atoms with E-state index in [2.05, 4.69) is 10.3 Å². The van der Waals surface area contributed by atoms with E-state index >= 15 is 0 Å². The van der Waals surface area contributed by atoms with E-state index in [0.29, 0.717) is 17.0 Å². The second-order valence-corrected chi connectivity index (χ2v) is 4.13. The molecule has 0 aromatic carbocycles. The van der Waals surface area contributed by atoms with Gasteiger partial charge >= 0.3 is 5.97 Å². The van der Waals surface area contributed by atoms with Crippen LogP contribution in [0, 0.1) is 0 Å². The molecule has 0 aliphatic carbocycles. The van der Waals surface area contributed by atoms with E-state index in [4.69, 9.17) is 4.52 Å². The molecule has 2 rings (SSSR count). The standard InChI is InChI=1S/C11H13N3O3/c1-6(2)10-8(11(15)16)9(13-17-10)7-4-12-14(3)5-7/h4-6H,1-3H3,(H,15,16). The fraction of sp³-hybridized carbons (Fsp3) is 0.364. The van der Waals surface area contributed by atoms with Crippen LogP contribution in [0.15, 0.2) is 16.9 Å². The lowest BCUT2D eigenvalue weighted by Crippen LogP contribution is -2.02. The zero-order valence-electron chi connectivity index (χ0n) is 9.84. The molecular weight excluding hydrogens is 222 g/mol. The van der Waals surface area contributed by atoms with Crippen molar-refractivity contribution in [3.8, 4) is 11.3 Å². The molecule has 17 heavy (non-hydrogen) atoms. The Bertz CT molecular complexity index is 554. The maximum atomic E-state index is 11.3. The lowest BCUT2D eigenvalue weighted by molar-refractivity contribution is 0.0694. The van der Waals surface area contributed by atoms with Crippen molar-refractivity contribution in [2.45, 2.75) is 19.8 Å². The maximum Gasteiger partial charge on any atom is 0.341 e. The van der Waals surface area contributed by atoms with Crippen molar-refractivity contribution in [2.75, 3.05) is 0 Å². The Labute approximate surface area is 97.8 Å². The number of hydrogen-bond donors (Lipinski definition) is 1. The maximum absolute atomic E-state index is 11.3. The van der Waals surface area contributed by atoms with E-state index in [0.717, 1.165) is 0 Å². The van der Waals surface area contributed by atoms with Crippen LogP contribution in [-0.4, -0.2) is 26.0 Å². The van der Waals surface area contributed by atoms with Crippen LogP contribution < -0.4 is 0 Å². The molecule has 6 nitrogen and oxygen atoms in total. The molecule has 0 spiro atoms. The van der Waals surface area contributed by atoms with Crippen molar-refractivity contribution in [1.29, 1.82) is 0 Å². The van der Waals surface area contributed by atoms with Crippen molar-refractivity contribution in [3.63, 3.8) is 0 Å². The fourth-order valence-electron chi connectivity index (χ4n) is 1.64. The highest BCUT2D eigenvalue weighted by Gasteiger charge is 2.25. The van der Waals surface area contributed by atoms with Gasteiger partial charge in [0.05, 0.1) is 6.20 Å². The first-order valence-electron chi connectivity index (χ1n) is 5.22. The number of hydrogen-bond acceptors (Lipinski definition) is 4. The van der Waals surface area contributed by atoms with E-state index in [-0.39, 0.29) is 11.5 Å². The second-order valence-electron chi connectivity index (χ2n) is 4.13. The minimum absolute atomic E-state index is 0.0287. The Morgan fingerprint density at radius 1 is 1.53 bits per heavy atom. The third-order valence-electron chi connectivity index (χ3n) is 2.44. The molecule has 2 aromatic heterocycles. The Hall–Kier alpha value is -2.11. The van der Waals surface area contributed by atoms with Gasteiger partial charge < -0.3 is 9.63 Å². The first-order chi connectivity index (χ1) is 8.00. The number of aryl methyl sites for hydroxylation is 1. The number of carboxylic acids is 1. The van der Waals surface area contributed by atoms with E-state index in [9.17, 15) is 9.90 Å². The molecule has 0 unspecified atom stereocenters. The van der Waals surface area contributed by atoms with Gasteiger partial charge in [-0.05, 0) is 0 Å². The molecule has 1 N–H and O–H groups in total. The molecule has 0 atom stereocenters. The summed E-state index contributed by atoms with van der Waals surface area (Å²) >= 11 is 0. The highest BCUT2D eigenvalue weighted by Crippen LogP contribution is 2.29. The SMILES string of the molecule is CC(C)c1onc(-c2cnn(C)c2)c1C(=O)O. The lowest BCUT2D eigenvalue weighted by Gasteiger charge is -2.00. The van der Waals surface area contributed by atoms with Crippen LogP contribution in [0.5, 0.6) is 0 Å². The van der Waals surface area contributed by atoms with Crippen molar-refractivity contribution in [2.24, 2.45) is 7.05 Å². The second kappa shape index (κ2) is 4.04. The Kier molecular flexibility index (Phi) is 2.71. The molecule has 2 aromatic rings. The van der Waals surface area contributed by atoms with Gasteiger partial charge in [-0.1, -0.05) is 19.0 Å². The molecule has 0 bridgehead atoms. The summed E-state index contributed by atoms with van der Waals surface area (Å²) in [5.74, 6) is -0.677. The number of carboxylic acid groups (broad SMARTS) is 1. The van der Waals surface area contributed by atoms with Crippen LogP contribution in [0.1, 0.15) is 35.9 Å². The molecule has 6 heteroatoms. The smallest absolute Gasteiger partial charge is 0.341 e. The van der Waals surface area contributed by atoms with Crippen molar-refractivity contribution in [3.05, 3.63) is 23.7 Å². The summed E-state index contributed by atoms with van der Waals surface area (Å²) in [4.78, 5) is 11.3. The molecule has 2 heterocycles. The minimum atomic E-state index is -1.03. The first kappa shape index (κ1) is 11.4. The van der Waals surface area contributed by atoms with Gasteiger partial charge in [0.1, 0.15) is 11.3 Å². The highest BCUT2D eigenvalue weighted by molar-refractivity contribution is 5.95. The molecule has 0 aliphatic heterocycles. The van der Waals surface area contributed by atoms with Crippen LogP contribution in [0.2, 0.25) is 0 Å². The van der Waals surface area contributed by atoms with E-state index in [1.54, 1.807) is 24.1 Å². The summed E-state index contributed by atoms with van der Waals surface area (Å²) in [5.41, 5.74) is 1.09. The van der Waals surface area contributed by atoms with Crippen LogP contribution in [0.3, 0.4) is 0 Å². The number of rotatable bonds is 3. The Morgan fingerprint density at radius 3 is 2.71 bits per heavy atom. The normalized spacial score (nSPS) is 11.1. The zero-order chi connectivity index (χ0) is 12.6. The van der Waals surface area contributed by atoms with Gasteiger partial charge in [-0.25, -0.2) is 4.79 Å². The number of aromatic nitrogens is 3. The topological polar surface area (TPSA) is 81.2 Å². The van der Waals surface area contributed by atoms with E-state index in [1.807, 2.05) is 13.8 Å². The minimum Gasteiger partial charge on any atom is -0.477 e. The molecule has 0 saturated carbocycles. The van der Waals surface area contributed by atoms with Gasteiger partial charge in [0, 0.05) is 24.7 Å². The molecule has 0 aliphatic rings. The number of carbonyl (C=O) groups is 1. The summed E-state index contributed by atoms with van der Waals surface area (Å²) in [5, 5.41) is 17.0. The molecule has 0 fully saturated rings. The molecule has 90 valence electrons. The number of nitrogens with zero attached hydrogens (tertiary/aromatic N) is 3. The fourth-order valence-corrected chi connectivity index (χ4v) is 1.64. The monoisotopic (exact) mass is 235 g/mol. The predicted molar refractivity (Wildman–Crippen MR) is 59.8 cm³/mol. The summed E-state index contributed by atoms with van der Waals surface area (Å²) in [6, 6.07) is 0. The van der Waals surface area contributed by atoms with Crippen LogP contribution in [0.4, 0.5) is 0 Å². The summed E-state index contributed by atoms with van der Waals surface area (Å²) in [7, 11) is 1.76. The quantitative estimate of drug-likeness (QED) is 0.878. The van der Waals surface area contributed by atoms with Gasteiger partial charge in [0.25, 0.3) is 0 Å². The Morgan fingerprint density at radius 2 is 2.24 bits per heavy atom. The van der Waals surface area contributed by atoms with E-state index < -0.39 is 5.97 Å². The summed E-state index contributed by atoms with van der Waals surface area (Å²) < 4.78 is 6.70. The third-order valence-corrected chi connectivity index (χ3v) is 2.44. The predicted octanol–water partition coefficient (Wildman–Crippen LogP) is 1.90. The highest BCUT2D eigenvalue weighted by atomic mass is 16.5. The van der Waals surface area contributed by atoms with Crippen molar-refractivity contribution in [1.82, 2.24) is 14.9 Å². The van der Waals surface area contributed by atoms with Crippen LogP contribution in [-0.2, 0) is 7.05 Å². The average Bonchev–Trinajstić information content (AvgIpc) is 2.82. The van der Waals surface area contributed by atoms with Gasteiger partial charge in [0.2, 0.25) is 0 Å². The van der Waals surface area contributed by atoms with Crippen LogP contribution in [0.25, 0.3) is 11.3 Å². The Balaban J connectivity index is 2.59. The lowest BCUT2D eigenvalue weighted by atomic mass is 10.0. The van der Waals surface area contributed by atoms with Crippen molar-refractivity contribution < 1.29 is 14.4 Å². The van der Waals surface area contributed by atoms with Gasteiger partial charge in [0.15, 0.2) is 5.76 Å². The zero-order valence-corrected chi connectivity index (χ0v) is 9.84. The molecular formula is C11H13N3O3. The third kappa shape index (κ3) is 1.93. The largest absolute Gasteiger partial charge is 0.477 e.